The predicted octanol–water partition coefficient (Wildman–Crippen LogP) is 3.39. The number of hydrogen-bond donors (Lipinski definition) is 0. The smallest absolute Gasteiger partial charge is 0.0203 e. The third-order valence-corrected chi connectivity index (χ3v) is 2.91. The van der Waals surface area contributed by atoms with Crippen molar-refractivity contribution in [1.29, 1.82) is 0 Å². The molecule has 0 saturated heterocycles. The lowest BCUT2D eigenvalue weighted by Crippen LogP contribution is -2.00. The summed E-state index contributed by atoms with van der Waals surface area (Å²) in [6, 6.07) is 0. The van der Waals surface area contributed by atoms with E-state index in [2.05, 4.69) is 27.7 Å². The van der Waals surface area contributed by atoms with Crippen molar-refractivity contribution in [3.8, 4) is 0 Å². The molecule has 0 aromatic rings. The quantitative estimate of drug-likeness (QED) is 0.450. The molecule has 2 atom stereocenters. The maximum atomic E-state index is 2.36. The van der Waals surface area contributed by atoms with Gasteiger partial charge < -0.3 is 0 Å². The van der Waals surface area contributed by atoms with Crippen LogP contribution in [0.1, 0.15) is 40.5 Å². The van der Waals surface area contributed by atoms with Crippen LogP contribution in [-0.4, -0.2) is 0 Å². The molecule has 0 spiro atoms. The van der Waals surface area contributed by atoms with Gasteiger partial charge in [0.05, 0.1) is 0 Å². The second-order valence-corrected chi connectivity index (χ2v) is 3.83. The predicted molar refractivity (Wildman–Crippen MR) is 45.9 cm³/mol. The molecule has 0 aromatic carbocycles. The molecule has 1 fully saturated rings. The Balaban J connectivity index is 2.76. The average Bonchev–Trinajstić information content (AvgIpc) is 2.14. The van der Waals surface area contributed by atoms with Gasteiger partial charge in [-0.05, 0) is 38.5 Å². The van der Waals surface area contributed by atoms with E-state index in [9.17, 15) is 0 Å². The number of allylic oxidation sites excluding steroid dienone is 2. The maximum absolute atomic E-state index is 2.36. The van der Waals surface area contributed by atoms with E-state index in [0.29, 0.717) is 0 Å². The fourth-order valence-corrected chi connectivity index (χ4v) is 1.91. The van der Waals surface area contributed by atoms with Gasteiger partial charge in [-0.25, -0.2) is 0 Å². The Morgan fingerprint density at radius 2 is 1.90 bits per heavy atom. The lowest BCUT2D eigenvalue weighted by molar-refractivity contribution is 0.492. The zero-order chi connectivity index (χ0) is 7.72. The summed E-state index contributed by atoms with van der Waals surface area (Å²) in [6.45, 7) is 9.20. The third kappa shape index (κ3) is 1.25. The fourth-order valence-electron chi connectivity index (χ4n) is 1.91. The molecule has 0 radical (unpaired) electrons. The maximum Gasteiger partial charge on any atom is -0.0203 e. The number of rotatable bonds is 0. The molecule has 0 N–H and O–H groups in total. The minimum Gasteiger partial charge on any atom is -0.0770 e. The van der Waals surface area contributed by atoms with Gasteiger partial charge in [-0.2, -0.15) is 0 Å². The SMILES string of the molecule is CC(C)=C1CCC(C)C1C. The Labute approximate surface area is 64.3 Å². The lowest BCUT2D eigenvalue weighted by Gasteiger charge is -2.11. The molecule has 0 aromatic heterocycles. The summed E-state index contributed by atoms with van der Waals surface area (Å²) in [5.74, 6) is 1.77. The van der Waals surface area contributed by atoms with Crippen LogP contribution in [0.5, 0.6) is 0 Å². The van der Waals surface area contributed by atoms with Crippen molar-refractivity contribution in [2.45, 2.75) is 40.5 Å². The van der Waals surface area contributed by atoms with E-state index in [1.165, 1.54) is 12.8 Å². The van der Waals surface area contributed by atoms with E-state index in [4.69, 9.17) is 0 Å². The average molecular weight is 138 g/mol. The van der Waals surface area contributed by atoms with Gasteiger partial charge in [-0.3, -0.25) is 0 Å². The molecule has 1 aliphatic rings. The summed E-state index contributed by atoms with van der Waals surface area (Å²) < 4.78 is 0. The Hall–Kier alpha value is -0.260. The van der Waals surface area contributed by atoms with Gasteiger partial charge in [0.1, 0.15) is 0 Å². The first kappa shape index (κ1) is 7.84. The molecule has 0 aliphatic heterocycles. The highest BCUT2D eigenvalue weighted by Crippen LogP contribution is 2.37. The van der Waals surface area contributed by atoms with Crippen molar-refractivity contribution in [3.63, 3.8) is 0 Å². The normalized spacial score (nSPS) is 33.0. The zero-order valence-corrected chi connectivity index (χ0v) is 7.57. The Morgan fingerprint density at radius 1 is 1.30 bits per heavy atom. The van der Waals surface area contributed by atoms with Crippen LogP contribution >= 0.6 is 0 Å². The largest absolute Gasteiger partial charge is 0.0770 e. The van der Waals surface area contributed by atoms with Crippen molar-refractivity contribution < 1.29 is 0 Å². The van der Waals surface area contributed by atoms with Crippen molar-refractivity contribution in [2.75, 3.05) is 0 Å². The van der Waals surface area contributed by atoms with Crippen LogP contribution in [0, 0.1) is 11.8 Å². The fraction of sp³-hybridized carbons (Fsp3) is 0.800. The molecule has 1 aliphatic carbocycles. The second kappa shape index (κ2) is 2.77. The molecule has 10 heavy (non-hydrogen) atoms. The van der Waals surface area contributed by atoms with Gasteiger partial charge in [-0.15, -0.1) is 0 Å². The molecule has 1 rings (SSSR count). The van der Waals surface area contributed by atoms with Crippen LogP contribution in [0.2, 0.25) is 0 Å². The molecule has 0 heterocycles. The van der Waals surface area contributed by atoms with Crippen LogP contribution in [0.4, 0.5) is 0 Å². The van der Waals surface area contributed by atoms with Gasteiger partial charge in [0, 0.05) is 0 Å². The highest BCUT2D eigenvalue weighted by Gasteiger charge is 2.24. The number of hydrogen-bond acceptors (Lipinski definition) is 0. The molecule has 0 heteroatoms. The summed E-state index contributed by atoms with van der Waals surface area (Å²) in [5.41, 5.74) is 3.27. The molecular weight excluding hydrogens is 120 g/mol. The Morgan fingerprint density at radius 3 is 2.10 bits per heavy atom. The molecule has 2 unspecified atom stereocenters. The minimum absolute atomic E-state index is 0.852. The summed E-state index contributed by atoms with van der Waals surface area (Å²) in [4.78, 5) is 0. The van der Waals surface area contributed by atoms with E-state index in [-0.39, 0.29) is 0 Å². The van der Waals surface area contributed by atoms with Crippen LogP contribution < -0.4 is 0 Å². The van der Waals surface area contributed by atoms with Crippen LogP contribution in [0.25, 0.3) is 0 Å². The van der Waals surface area contributed by atoms with Gasteiger partial charge in [0.25, 0.3) is 0 Å². The monoisotopic (exact) mass is 138 g/mol. The van der Waals surface area contributed by atoms with Crippen LogP contribution in [0.15, 0.2) is 11.1 Å². The van der Waals surface area contributed by atoms with Crippen molar-refractivity contribution in [3.05, 3.63) is 11.1 Å². The summed E-state index contributed by atoms with van der Waals surface area (Å²) in [6.07, 6.45) is 2.76. The van der Waals surface area contributed by atoms with Crippen LogP contribution in [-0.2, 0) is 0 Å². The Bertz CT molecular complexity index is 149. The van der Waals surface area contributed by atoms with Gasteiger partial charge in [-0.1, -0.05) is 25.0 Å². The van der Waals surface area contributed by atoms with E-state index >= 15 is 0 Å². The zero-order valence-electron chi connectivity index (χ0n) is 7.57. The molecule has 0 amide bonds. The first-order chi connectivity index (χ1) is 4.63. The third-order valence-electron chi connectivity index (χ3n) is 2.91. The van der Waals surface area contributed by atoms with Gasteiger partial charge in [0.15, 0.2) is 0 Å². The van der Waals surface area contributed by atoms with Gasteiger partial charge >= 0.3 is 0 Å². The molecule has 0 nitrogen and oxygen atoms in total. The van der Waals surface area contributed by atoms with E-state index in [1.54, 1.807) is 11.1 Å². The van der Waals surface area contributed by atoms with Crippen LogP contribution in [0.3, 0.4) is 0 Å². The second-order valence-electron chi connectivity index (χ2n) is 3.83. The summed E-state index contributed by atoms with van der Waals surface area (Å²) in [7, 11) is 0. The van der Waals surface area contributed by atoms with Crippen molar-refractivity contribution in [2.24, 2.45) is 11.8 Å². The highest BCUT2D eigenvalue weighted by molar-refractivity contribution is 5.17. The van der Waals surface area contributed by atoms with E-state index in [0.717, 1.165) is 11.8 Å². The molecule has 0 bridgehead atoms. The van der Waals surface area contributed by atoms with E-state index < -0.39 is 0 Å². The molecular formula is C10H18. The lowest BCUT2D eigenvalue weighted by atomic mass is 9.95. The van der Waals surface area contributed by atoms with Crippen molar-refractivity contribution in [1.82, 2.24) is 0 Å². The first-order valence-electron chi connectivity index (χ1n) is 4.29. The standard InChI is InChI=1S/C10H18/c1-7(2)10-6-5-8(3)9(10)4/h8-9H,5-6H2,1-4H3. The topological polar surface area (TPSA) is 0 Å². The minimum atomic E-state index is 0.852. The Kier molecular flexibility index (Phi) is 2.18. The molecule has 58 valence electrons. The highest BCUT2D eigenvalue weighted by atomic mass is 14.3. The summed E-state index contributed by atoms with van der Waals surface area (Å²) >= 11 is 0. The van der Waals surface area contributed by atoms with Crippen molar-refractivity contribution >= 4 is 0 Å². The summed E-state index contributed by atoms with van der Waals surface area (Å²) in [5, 5.41) is 0. The molecule has 1 saturated carbocycles. The first-order valence-corrected chi connectivity index (χ1v) is 4.29. The van der Waals surface area contributed by atoms with Gasteiger partial charge in [0.2, 0.25) is 0 Å². The van der Waals surface area contributed by atoms with E-state index in [1.807, 2.05) is 0 Å².